The molecule has 2 aromatic rings. The summed E-state index contributed by atoms with van der Waals surface area (Å²) in [7, 11) is 0. The molecule has 2 rings (SSSR count). The Balaban J connectivity index is 1.75. The fourth-order valence-electron chi connectivity index (χ4n) is 2.38. The quantitative estimate of drug-likeness (QED) is 0.624. The molecule has 0 N–H and O–H groups in total. The lowest BCUT2D eigenvalue weighted by Crippen LogP contribution is -2.20. The molecule has 148 valence electrons. The first-order chi connectivity index (χ1) is 13.2. The number of nitrogens with zero attached hydrogens (tertiary/aromatic N) is 2. The predicted molar refractivity (Wildman–Crippen MR) is 106 cm³/mol. The van der Waals surface area contributed by atoms with E-state index in [0.717, 1.165) is 5.69 Å². The molecule has 0 aliphatic carbocycles. The summed E-state index contributed by atoms with van der Waals surface area (Å²) in [6, 6.07) is 9.63. The molecular formula is C21H24N2O4S. The van der Waals surface area contributed by atoms with Crippen LogP contribution in [0.15, 0.2) is 29.6 Å². The standard InChI is InChI=1S/C21H24N2O4S/c1-14-13-28-20(23-14)17(11-22)18(24)12-27-19(25)9-10-26-16-7-5-15(6-8-16)21(2,3)4/h5-8,13,17H,9-10,12H2,1-4H3/t17-/m1/s1. The Kier molecular flexibility index (Phi) is 7.30. The molecule has 0 spiro atoms. The second kappa shape index (κ2) is 9.47. The molecule has 0 saturated carbocycles. The second-order valence-electron chi connectivity index (χ2n) is 7.39. The number of aromatic nitrogens is 1. The minimum atomic E-state index is -1.01. The Morgan fingerprint density at radius 2 is 1.93 bits per heavy atom. The fraction of sp³-hybridized carbons (Fsp3) is 0.429. The molecule has 0 aliphatic heterocycles. The molecule has 28 heavy (non-hydrogen) atoms. The Morgan fingerprint density at radius 3 is 2.46 bits per heavy atom. The summed E-state index contributed by atoms with van der Waals surface area (Å²) in [5.41, 5.74) is 2.01. The molecule has 6 nitrogen and oxygen atoms in total. The number of Topliss-reactive ketones (excluding diaryl/α,β-unsaturated/α-hetero) is 1. The van der Waals surface area contributed by atoms with Gasteiger partial charge in [-0.15, -0.1) is 11.3 Å². The maximum absolute atomic E-state index is 12.1. The number of hydrogen-bond donors (Lipinski definition) is 0. The van der Waals surface area contributed by atoms with Crippen molar-refractivity contribution in [2.75, 3.05) is 13.2 Å². The summed E-state index contributed by atoms with van der Waals surface area (Å²) in [6.07, 6.45) is 0.0158. The van der Waals surface area contributed by atoms with Gasteiger partial charge >= 0.3 is 5.97 Å². The van der Waals surface area contributed by atoms with E-state index < -0.39 is 24.3 Å². The number of hydrogen-bond acceptors (Lipinski definition) is 7. The molecule has 7 heteroatoms. The van der Waals surface area contributed by atoms with Crippen LogP contribution in [0.5, 0.6) is 5.75 Å². The SMILES string of the molecule is Cc1csc([C@H](C#N)C(=O)COC(=O)CCOc2ccc(C(C)(C)C)cc2)n1. The van der Waals surface area contributed by atoms with Gasteiger partial charge in [-0.3, -0.25) is 9.59 Å². The van der Waals surface area contributed by atoms with Crippen LogP contribution >= 0.6 is 11.3 Å². The van der Waals surface area contributed by atoms with Gasteiger partial charge in [0.15, 0.2) is 18.3 Å². The average Bonchev–Trinajstić information content (AvgIpc) is 3.06. The summed E-state index contributed by atoms with van der Waals surface area (Å²) in [6.45, 7) is 7.88. The van der Waals surface area contributed by atoms with E-state index in [1.807, 2.05) is 30.3 Å². The number of carbonyl (C=O) groups excluding carboxylic acids is 2. The highest BCUT2D eigenvalue weighted by molar-refractivity contribution is 7.09. The zero-order chi connectivity index (χ0) is 20.7. The second-order valence-corrected chi connectivity index (χ2v) is 8.28. The third-order valence-electron chi connectivity index (χ3n) is 4.01. The van der Waals surface area contributed by atoms with Crippen LogP contribution in [0.3, 0.4) is 0 Å². The van der Waals surface area contributed by atoms with Crippen LogP contribution < -0.4 is 4.74 Å². The fourth-order valence-corrected chi connectivity index (χ4v) is 3.24. The first-order valence-electron chi connectivity index (χ1n) is 8.94. The van der Waals surface area contributed by atoms with Gasteiger partial charge in [0.05, 0.1) is 19.1 Å². The highest BCUT2D eigenvalue weighted by Gasteiger charge is 2.24. The van der Waals surface area contributed by atoms with Crippen molar-refractivity contribution in [1.82, 2.24) is 4.98 Å². The molecule has 1 heterocycles. The third kappa shape index (κ3) is 6.17. The molecule has 0 bridgehead atoms. The van der Waals surface area contributed by atoms with E-state index in [0.29, 0.717) is 10.8 Å². The highest BCUT2D eigenvalue weighted by Crippen LogP contribution is 2.24. The number of aryl methyl sites for hydroxylation is 1. The summed E-state index contributed by atoms with van der Waals surface area (Å²) in [5.74, 6) is -1.37. The predicted octanol–water partition coefficient (Wildman–Crippen LogP) is 3.94. The van der Waals surface area contributed by atoms with Gasteiger partial charge in [-0.1, -0.05) is 32.9 Å². The molecule has 0 aliphatic rings. The van der Waals surface area contributed by atoms with Crippen molar-refractivity contribution >= 4 is 23.1 Å². The number of benzene rings is 1. The topological polar surface area (TPSA) is 89.3 Å². The van der Waals surface area contributed by atoms with Gasteiger partial charge in [-0.05, 0) is 30.0 Å². The Hall–Kier alpha value is -2.72. The lowest BCUT2D eigenvalue weighted by atomic mass is 9.87. The zero-order valence-corrected chi connectivity index (χ0v) is 17.3. The van der Waals surface area contributed by atoms with Crippen molar-refractivity contribution in [3.8, 4) is 11.8 Å². The van der Waals surface area contributed by atoms with Crippen LogP contribution in [0.25, 0.3) is 0 Å². The van der Waals surface area contributed by atoms with Gasteiger partial charge in [-0.2, -0.15) is 5.26 Å². The number of carbonyl (C=O) groups is 2. The van der Waals surface area contributed by atoms with E-state index in [2.05, 4.69) is 25.8 Å². The third-order valence-corrected chi connectivity index (χ3v) is 5.03. The highest BCUT2D eigenvalue weighted by atomic mass is 32.1. The average molecular weight is 401 g/mol. The van der Waals surface area contributed by atoms with Crippen molar-refractivity contribution < 1.29 is 19.1 Å². The van der Waals surface area contributed by atoms with Gasteiger partial charge in [0, 0.05) is 11.1 Å². The number of esters is 1. The van der Waals surface area contributed by atoms with Crippen LogP contribution in [0.1, 0.15) is 49.4 Å². The van der Waals surface area contributed by atoms with Crippen molar-refractivity contribution in [3.63, 3.8) is 0 Å². The summed E-state index contributed by atoms with van der Waals surface area (Å²) in [5, 5.41) is 11.4. The number of thiazole rings is 1. The normalized spacial score (nSPS) is 12.1. The summed E-state index contributed by atoms with van der Waals surface area (Å²) >= 11 is 1.24. The van der Waals surface area contributed by atoms with Crippen LogP contribution in [0, 0.1) is 18.3 Å². The van der Waals surface area contributed by atoms with E-state index in [1.54, 1.807) is 12.3 Å². The van der Waals surface area contributed by atoms with Crippen molar-refractivity contribution in [2.45, 2.75) is 45.4 Å². The monoisotopic (exact) mass is 400 g/mol. The van der Waals surface area contributed by atoms with Crippen molar-refractivity contribution in [3.05, 3.63) is 45.9 Å². The first kappa shape index (κ1) is 21.6. The first-order valence-corrected chi connectivity index (χ1v) is 9.82. The summed E-state index contributed by atoms with van der Waals surface area (Å²) in [4.78, 5) is 28.1. The maximum atomic E-state index is 12.1. The molecule has 1 atom stereocenters. The van der Waals surface area contributed by atoms with Crippen LogP contribution in [0.2, 0.25) is 0 Å². The van der Waals surface area contributed by atoms with Gasteiger partial charge < -0.3 is 9.47 Å². The zero-order valence-electron chi connectivity index (χ0n) is 16.5. The molecule has 0 radical (unpaired) electrons. The van der Waals surface area contributed by atoms with E-state index in [1.165, 1.54) is 16.9 Å². The minimum absolute atomic E-state index is 0.0158. The Morgan fingerprint density at radius 1 is 1.25 bits per heavy atom. The smallest absolute Gasteiger partial charge is 0.309 e. The van der Waals surface area contributed by atoms with Gasteiger partial charge in [-0.25, -0.2) is 4.98 Å². The Labute approximate surface area is 169 Å². The molecule has 0 amide bonds. The number of nitriles is 1. The van der Waals surface area contributed by atoms with Crippen LogP contribution in [-0.4, -0.2) is 30.0 Å². The van der Waals surface area contributed by atoms with Crippen molar-refractivity contribution in [1.29, 1.82) is 5.26 Å². The number of rotatable bonds is 8. The number of ether oxygens (including phenoxy) is 2. The minimum Gasteiger partial charge on any atom is -0.493 e. The van der Waals surface area contributed by atoms with E-state index in [4.69, 9.17) is 9.47 Å². The maximum Gasteiger partial charge on any atom is 0.309 e. The van der Waals surface area contributed by atoms with Gasteiger partial charge in [0.25, 0.3) is 0 Å². The van der Waals surface area contributed by atoms with Gasteiger partial charge in [0.2, 0.25) is 0 Å². The molecule has 0 fully saturated rings. The van der Waals surface area contributed by atoms with E-state index in [9.17, 15) is 14.9 Å². The molecule has 1 aromatic heterocycles. The van der Waals surface area contributed by atoms with Crippen LogP contribution in [-0.2, 0) is 19.7 Å². The Bertz CT molecular complexity index is 860. The summed E-state index contributed by atoms with van der Waals surface area (Å²) < 4.78 is 10.5. The lowest BCUT2D eigenvalue weighted by Gasteiger charge is -2.19. The largest absolute Gasteiger partial charge is 0.493 e. The van der Waals surface area contributed by atoms with E-state index in [-0.39, 0.29) is 18.4 Å². The molecule has 1 aromatic carbocycles. The number of ketones is 1. The molecular weight excluding hydrogens is 376 g/mol. The lowest BCUT2D eigenvalue weighted by molar-refractivity contribution is -0.148. The molecule has 0 saturated heterocycles. The van der Waals surface area contributed by atoms with E-state index >= 15 is 0 Å². The van der Waals surface area contributed by atoms with Crippen molar-refractivity contribution in [2.24, 2.45) is 0 Å². The molecule has 0 unspecified atom stereocenters. The van der Waals surface area contributed by atoms with Gasteiger partial charge in [0.1, 0.15) is 10.8 Å². The van der Waals surface area contributed by atoms with Crippen LogP contribution in [0.4, 0.5) is 0 Å².